The van der Waals surface area contributed by atoms with E-state index in [1.54, 1.807) is 0 Å². The molecule has 8 rings (SSSR count). The van der Waals surface area contributed by atoms with Crippen LogP contribution in [0.15, 0.2) is 11.6 Å². The highest BCUT2D eigenvalue weighted by Gasteiger charge is 2.68. The second-order valence-corrected chi connectivity index (χ2v) is 18.4. The molecule has 0 bridgehead atoms. The predicted molar refractivity (Wildman–Crippen MR) is 184 cm³/mol. The van der Waals surface area contributed by atoms with Gasteiger partial charge in [0.15, 0.2) is 12.6 Å². The lowest BCUT2D eigenvalue weighted by Crippen LogP contribution is -2.64. The Labute approximate surface area is 302 Å². The summed E-state index contributed by atoms with van der Waals surface area (Å²) in [6.07, 6.45) is -1.11. The Kier molecular flexibility index (Phi) is 9.83. The summed E-state index contributed by atoms with van der Waals surface area (Å²) >= 11 is 0. The lowest BCUT2D eigenvalue weighted by atomic mass is 9.47. The molecule has 0 radical (unpaired) electrons. The molecule has 3 saturated carbocycles. The van der Waals surface area contributed by atoms with Crippen molar-refractivity contribution in [1.82, 2.24) is 5.32 Å². The first-order valence-corrected chi connectivity index (χ1v) is 20.0. The largest absolute Gasteiger partial charge is 0.394 e. The van der Waals surface area contributed by atoms with Crippen molar-refractivity contribution in [3.05, 3.63) is 11.6 Å². The lowest BCUT2D eigenvalue weighted by molar-refractivity contribution is -0.360. The van der Waals surface area contributed by atoms with E-state index in [1.807, 2.05) is 0 Å². The molecule has 0 amide bonds. The van der Waals surface area contributed by atoms with Crippen LogP contribution in [0.25, 0.3) is 0 Å². The topological polar surface area (TPSA) is 180 Å². The highest BCUT2D eigenvalue weighted by atomic mass is 16.7. The number of ether oxygens (including phenoxy) is 5. The zero-order chi connectivity index (χ0) is 36.2. The van der Waals surface area contributed by atoms with Crippen LogP contribution in [0.4, 0.5) is 0 Å². The standard InChI is InChI=1S/C39H63NO11/c1-18-8-13-39(40-16-18)19(2)28-26(51-39)15-25-23-7-6-21-14-22(9-11-37(21,4)24(23)10-12-38(25,28)5)48-36-33(46)31(44)34(27(17-41)49-36)50-35-32(45)30(43)29(42)20(3)47-35/h6,18-20,22-36,40-46H,7-17H2,1-5H3/t18?,19?,20-,22-,23?,24?,25?,26?,27+,28?,29+,30+,31+,32+,33+,34+,35-,36+,37-,38-,39?/m0/s1. The number of hydrogen-bond donors (Lipinski definition) is 7. The van der Waals surface area contributed by atoms with Crippen LogP contribution in [-0.4, -0.2) is 123 Å². The first-order chi connectivity index (χ1) is 24.2. The van der Waals surface area contributed by atoms with Crippen molar-refractivity contribution in [3.8, 4) is 0 Å². The second kappa shape index (κ2) is 13.5. The molecule has 8 unspecified atom stereocenters. The molecule has 7 fully saturated rings. The molecule has 4 aliphatic heterocycles. The Morgan fingerprint density at radius 3 is 2.31 bits per heavy atom. The van der Waals surface area contributed by atoms with Crippen molar-refractivity contribution in [3.63, 3.8) is 0 Å². The SMILES string of the molecule is CC1CCC2(NC1)OC1CC3C4CC=C5C[C@@H](O[C@@H]6O[C@H](CO)[C@@H](O[C@@H]7O[C@@H](C)[C@@H](O)[C@@H](O)[C@H]7O)[C@H](O)[C@H]6O)CC[C@]5(C)C4CC[C@]3(C)C1C2C. The average molecular weight is 722 g/mol. The minimum absolute atomic E-state index is 0.0881. The second-order valence-electron chi connectivity index (χ2n) is 18.4. The van der Waals surface area contributed by atoms with Crippen LogP contribution in [-0.2, 0) is 23.7 Å². The van der Waals surface area contributed by atoms with E-state index in [0.717, 1.165) is 38.6 Å². The van der Waals surface area contributed by atoms with Gasteiger partial charge in [-0.25, -0.2) is 0 Å². The fourth-order valence-electron chi connectivity index (χ4n) is 12.7. The van der Waals surface area contributed by atoms with E-state index in [-0.39, 0.29) is 17.2 Å². The summed E-state index contributed by atoms with van der Waals surface area (Å²) in [7, 11) is 0. The molecule has 8 aliphatic rings. The predicted octanol–water partition coefficient (Wildman–Crippen LogP) is 1.96. The van der Waals surface area contributed by atoms with Crippen molar-refractivity contribution >= 4 is 0 Å². The summed E-state index contributed by atoms with van der Waals surface area (Å²) in [6.45, 7) is 11.9. The molecular formula is C39H63NO11. The quantitative estimate of drug-likeness (QED) is 0.206. The molecule has 4 aliphatic carbocycles. The van der Waals surface area contributed by atoms with Crippen LogP contribution in [0, 0.1) is 46.3 Å². The maximum atomic E-state index is 11.1. The van der Waals surface area contributed by atoms with Crippen LogP contribution in [0.2, 0.25) is 0 Å². The van der Waals surface area contributed by atoms with Crippen LogP contribution < -0.4 is 5.32 Å². The van der Waals surface area contributed by atoms with Crippen LogP contribution in [0.5, 0.6) is 0 Å². The molecule has 12 nitrogen and oxygen atoms in total. The van der Waals surface area contributed by atoms with Crippen molar-refractivity contribution in [2.75, 3.05) is 13.2 Å². The third-order valence-corrected chi connectivity index (χ3v) is 15.8. The molecule has 4 saturated heterocycles. The maximum absolute atomic E-state index is 11.1. The van der Waals surface area contributed by atoms with Gasteiger partial charge in [-0.15, -0.1) is 0 Å². The minimum Gasteiger partial charge on any atom is -0.394 e. The Hall–Kier alpha value is -0.740. The number of aliphatic hydroxyl groups is 6. The normalized spacial score (nSPS) is 58.4. The number of piperidine rings is 1. The van der Waals surface area contributed by atoms with Gasteiger partial charge in [-0.05, 0) is 105 Å². The molecule has 4 heterocycles. The van der Waals surface area contributed by atoms with E-state index < -0.39 is 68.0 Å². The van der Waals surface area contributed by atoms with Crippen LogP contribution in [0.3, 0.4) is 0 Å². The van der Waals surface area contributed by atoms with Gasteiger partial charge in [0.2, 0.25) is 0 Å². The monoisotopic (exact) mass is 721 g/mol. The van der Waals surface area contributed by atoms with Gasteiger partial charge < -0.3 is 54.3 Å². The summed E-state index contributed by atoms with van der Waals surface area (Å²) in [5.74, 6) is 3.74. The van der Waals surface area contributed by atoms with E-state index in [1.165, 1.54) is 38.2 Å². The summed E-state index contributed by atoms with van der Waals surface area (Å²) in [6, 6.07) is 0. The van der Waals surface area contributed by atoms with Crippen molar-refractivity contribution in [1.29, 1.82) is 0 Å². The summed E-state index contributed by atoms with van der Waals surface area (Å²) in [5, 5.41) is 67.0. The summed E-state index contributed by atoms with van der Waals surface area (Å²) in [5.41, 5.74) is 1.66. The maximum Gasteiger partial charge on any atom is 0.187 e. The van der Waals surface area contributed by atoms with Gasteiger partial charge in [0.25, 0.3) is 0 Å². The zero-order valence-electron chi connectivity index (χ0n) is 31.0. The van der Waals surface area contributed by atoms with Crippen molar-refractivity contribution < 1.29 is 54.3 Å². The molecule has 1 spiro atoms. The van der Waals surface area contributed by atoms with Crippen LogP contribution in [0.1, 0.15) is 92.4 Å². The van der Waals surface area contributed by atoms with Gasteiger partial charge in [-0.1, -0.05) is 39.3 Å². The number of rotatable bonds is 5. The van der Waals surface area contributed by atoms with E-state index in [9.17, 15) is 30.6 Å². The molecule has 0 aromatic rings. The average Bonchev–Trinajstić information content (AvgIpc) is 3.56. The Balaban J connectivity index is 0.915. The minimum atomic E-state index is -1.60. The summed E-state index contributed by atoms with van der Waals surface area (Å²) < 4.78 is 30.7. The molecule has 290 valence electrons. The van der Waals surface area contributed by atoms with Gasteiger partial charge in [-0.3, -0.25) is 5.32 Å². The van der Waals surface area contributed by atoms with Gasteiger partial charge in [0.05, 0.1) is 24.9 Å². The highest BCUT2D eigenvalue weighted by molar-refractivity contribution is 5.26. The van der Waals surface area contributed by atoms with Gasteiger partial charge in [-0.2, -0.15) is 0 Å². The number of aliphatic hydroxyl groups excluding tert-OH is 6. The van der Waals surface area contributed by atoms with E-state index in [0.29, 0.717) is 47.0 Å². The Morgan fingerprint density at radius 2 is 1.59 bits per heavy atom. The highest BCUT2D eigenvalue weighted by Crippen LogP contribution is 2.70. The fourth-order valence-corrected chi connectivity index (χ4v) is 12.7. The number of fused-ring (bicyclic) bond motifs is 7. The third-order valence-electron chi connectivity index (χ3n) is 15.8. The number of nitrogens with one attached hydrogen (secondary N) is 1. The first-order valence-electron chi connectivity index (χ1n) is 20.0. The Morgan fingerprint density at radius 1 is 0.843 bits per heavy atom. The van der Waals surface area contributed by atoms with Gasteiger partial charge >= 0.3 is 0 Å². The van der Waals surface area contributed by atoms with E-state index in [2.05, 4.69) is 39.1 Å². The van der Waals surface area contributed by atoms with Gasteiger partial charge in [0.1, 0.15) is 48.5 Å². The molecule has 21 atom stereocenters. The lowest BCUT2D eigenvalue weighted by Gasteiger charge is -2.59. The molecule has 12 heteroatoms. The van der Waals surface area contributed by atoms with Crippen LogP contribution >= 0.6 is 0 Å². The van der Waals surface area contributed by atoms with Crippen molar-refractivity contribution in [2.45, 2.75) is 172 Å². The number of hydrogen-bond acceptors (Lipinski definition) is 12. The van der Waals surface area contributed by atoms with E-state index >= 15 is 0 Å². The van der Waals surface area contributed by atoms with E-state index in [4.69, 9.17) is 23.7 Å². The molecule has 7 N–H and O–H groups in total. The molecule has 0 aromatic heterocycles. The molecular weight excluding hydrogens is 658 g/mol. The third kappa shape index (κ3) is 5.84. The first kappa shape index (κ1) is 37.2. The fraction of sp³-hybridized carbons (Fsp3) is 0.949. The number of allylic oxidation sites excluding steroid dienone is 1. The zero-order valence-corrected chi connectivity index (χ0v) is 31.0. The van der Waals surface area contributed by atoms with Gasteiger partial charge in [0, 0.05) is 12.5 Å². The van der Waals surface area contributed by atoms with Crippen molar-refractivity contribution in [2.24, 2.45) is 46.3 Å². The Bertz CT molecular complexity index is 1310. The molecule has 0 aromatic carbocycles. The summed E-state index contributed by atoms with van der Waals surface area (Å²) in [4.78, 5) is 0. The molecule has 51 heavy (non-hydrogen) atoms. The smallest absolute Gasteiger partial charge is 0.187 e.